The molecule has 0 radical (unpaired) electrons. The summed E-state index contributed by atoms with van der Waals surface area (Å²) in [5.41, 5.74) is 2.77. The van der Waals surface area contributed by atoms with Crippen LogP contribution in [0.4, 0.5) is 0 Å². The molecule has 84 valence electrons. The fraction of sp³-hybridized carbons (Fsp3) is 0.308. The molecule has 2 rings (SSSR count). The van der Waals surface area contributed by atoms with Crippen LogP contribution < -0.4 is 0 Å². The lowest BCUT2D eigenvalue weighted by atomic mass is 9.97. The molecule has 0 aliphatic heterocycles. The summed E-state index contributed by atoms with van der Waals surface area (Å²) >= 11 is 0. The molecule has 0 atom stereocenters. The van der Waals surface area contributed by atoms with Gasteiger partial charge in [-0.25, -0.2) is 4.79 Å². The number of carboxylic acid groups (broad SMARTS) is 1. The first kappa shape index (κ1) is 10.7. The normalized spacial score (nSPS) is 11.2. The number of carbonyl (C=O) groups is 1. The number of aromatic carboxylic acids is 1. The number of furan rings is 1. The Morgan fingerprint density at radius 2 is 2.06 bits per heavy atom. The van der Waals surface area contributed by atoms with Crippen LogP contribution in [0.3, 0.4) is 0 Å². The van der Waals surface area contributed by atoms with Crippen molar-refractivity contribution in [1.29, 1.82) is 0 Å². The highest BCUT2D eigenvalue weighted by Gasteiger charge is 2.15. The van der Waals surface area contributed by atoms with Crippen molar-refractivity contribution in [3.8, 4) is 0 Å². The van der Waals surface area contributed by atoms with E-state index in [1.807, 2.05) is 19.1 Å². The van der Waals surface area contributed by atoms with E-state index in [1.54, 1.807) is 6.07 Å². The van der Waals surface area contributed by atoms with E-state index in [0.29, 0.717) is 11.5 Å². The van der Waals surface area contributed by atoms with E-state index < -0.39 is 5.97 Å². The van der Waals surface area contributed by atoms with Gasteiger partial charge < -0.3 is 9.52 Å². The second-order valence-corrected chi connectivity index (χ2v) is 4.28. The summed E-state index contributed by atoms with van der Waals surface area (Å²) in [5.74, 6) is -0.668. The predicted molar refractivity (Wildman–Crippen MR) is 62.0 cm³/mol. The van der Waals surface area contributed by atoms with Gasteiger partial charge in [-0.05, 0) is 30.0 Å². The molecule has 0 bridgehead atoms. The van der Waals surface area contributed by atoms with E-state index in [-0.39, 0.29) is 5.76 Å². The Labute approximate surface area is 93.7 Å². The molecule has 3 nitrogen and oxygen atoms in total. The van der Waals surface area contributed by atoms with Crippen LogP contribution in [0.15, 0.2) is 22.6 Å². The maximum absolute atomic E-state index is 10.9. The molecular weight excluding hydrogens is 204 g/mol. The average molecular weight is 218 g/mol. The van der Waals surface area contributed by atoms with Gasteiger partial charge >= 0.3 is 5.97 Å². The molecule has 0 saturated carbocycles. The van der Waals surface area contributed by atoms with Gasteiger partial charge in [-0.2, -0.15) is 0 Å². The van der Waals surface area contributed by atoms with Crippen LogP contribution in [0.5, 0.6) is 0 Å². The van der Waals surface area contributed by atoms with Crippen molar-refractivity contribution in [2.24, 2.45) is 0 Å². The molecule has 2 aromatic rings. The van der Waals surface area contributed by atoms with Crippen molar-refractivity contribution in [3.63, 3.8) is 0 Å². The Morgan fingerprint density at radius 1 is 1.38 bits per heavy atom. The van der Waals surface area contributed by atoms with E-state index in [2.05, 4.69) is 13.8 Å². The van der Waals surface area contributed by atoms with Crippen molar-refractivity contribution in [3.05, 3.63) is 35.1 Å². The third kappa shape index (κ3) is 1.58. The minimum atomic E-state index is -1.02. The molecule has 1 N–H and O–H groups in total. The lowest BCUT2D eigenvalue weighted by Crippen LogP contribution is -1.91. The molecule has 0 aliphatic carbocycles. The number of fused-ring (bicyclic) bond motifs is 1. The number of benzene rings is 1. The van der Waals surface area contributed by atoms with Gasteiger partial charge in [0.05, 0.1) is 0 Å². The van der Waals surface area contributed by atoms with Gasteiger partial charge in [0.1, 0.15) is 5.58 Å². The highest BCUT2D eigenvalue weighted by atomic mass is 16.4. The third-order valence-electron chi connectivity index (χ3n) is 2.75. The summed E-state index contributed by atoms with van der Waals surface area (Å²) in [5, 5.41) is 9.82. The van der Waals surface area contributed by atoms with Gasteiger partial charge in [-0.15, -0.1) is 0 Å². The number of carboxylic acids is 1. The maximum Gasteiger partial charge on any atom is 0.371 e. The molecule has 1 aromatic heterocycles. The van der Waals surface area contributed by atoms with E-state index >= 15 is 0 Å². The first-order chi connectivity index (χ1) is 7.50. The highest BCUT2D eigenvalue weighted by Crippen LogP contribution is 2.30. The topological polar surface area (TPSA) is 50.4 Å². The molecule has 0 amide bonds. The minimum Gasteiger partial charge on any atom is -0.475 e. The number of aryl methyl sites for hydroxylation is 1. The Morgan fingerprint density at radius 3 is 2.62 bits per heavy atom. The van der Waals surface area contributed by atoms with E-state index in [0.717, 1.165) is 16.5 Å². The van der Waals surface area contributed by atoms with Gasteiger partial charge in [-0.1, -0.05) is 26.0 Å². The molecular formula is C13H14O3. The Kier molecular flexibility index (Phi) is 2.46. The van der Waals surface area contributed by atoms with Gasteiger partial charge in [0.2, 0.25) is 5.76 Å². The summed E-state index contributed by atoms with van der Waals surface area (Å²) in [6.07, 6.45) is 0. The van der Waals surface area contributed by atoms with Crippen molar-refractivity contribution in [2.75, 3.05) is 0 Å². The molecule has 0 saturated heterocycles. The van der Waals surface area contributed by atoms with Gasteiger partial charge in [0.25, 0.3) is 0 Å². The summed E-state index contributed by atoms with van der Waals surface area (Å²) in [7, 11) is 0. The second-order valence-electron chi connectivity index (χ2n) is 4.28. The monoisotopic (exact) mass is 218 g/mol. The van der Waals surface area contributed by atoms with Crippen molar-refractivity contribution in [1.82, 2.24) is 0 Å². The molecule has 0 fully saturated rings. The zero-order chi connectivity index (χ0) is 11.9. The Balaban J connectivity index is 2.77. The molecule has 0 unspecified atom stereocenters. The average Bonchev–Trinajstić information content (AvgIpc) is 2.62. The minimum absolute atomic E-state index is 0.00574. The van der Waals surface area contributed by atoms with Crippen molar-refractivity contribution in [2.45, 2.75) is 26.7 Å². The van der Waals surface area contributed by atoms with E-state index in [4.69, 9.17) is 9.52 Å². The zero-order valence-corrected chi connectivity index (χ0v) is 9.57. The summed E-state index contributed by atoms with van der Waals surface area (Å²) in [6, 6.07) is 5.61. The zero-order valence-electron chi connectivity index (χ0n) is 9.57. The SMILES string of the molecule is Cc1ccc(C(C)C)c2cc(C(=O)O)oc12. The van der Waals surface area contributed by atoms with Crippen molar-refractivity contribution >= 4 is 16.9 Å². The first-order valence-corrected chi connectivity index (χ1v) is 5.27. The smallest absolute Gasteiger partial charge is 0.371 e. The summed E-state index contributed by atoms with van der Waals surface area (Å²) < 4.78 is 5.35. The van der Waals surface area contributed by atoms with Gasteiger partial charge in [-0.3, -0.25) is 0 Å². The fourth-order valence-electron chi connectivity index (χ4n) is 1.89. The number of rotatable bonds is 2. The molecule has 0 aliphatic rings. The van der Waals surface area contributed by atoms with Crippen LogP contribution in [-0.4, -0.2) is 11.1 Å². The van der Waals surface area contributed by atoms with Crippen molar-refractivity contribution < 1.29 is 14.3 Å². The van der Waals surface area contributed by atoms with Crippen LogP contribution in [0.1, 0.15) is 41.4 Å². The maximum atomic E-state index is 10.9. The van der Waals surface area contributed by atoms with E-state index in [9.17, 15) is 4.79 Å². The fourth-order valence-corrected chi connectivity index (χ4v) is 1.89. The van der Waals surface area contributed by atoms with Gasteiger partial charge in [0, 0.05) is 5.39 Å². The van der Waals surface area contributed by atoms with Crippen LogP contribution in [0.25, 0.3) is 11.0 Å². The first-order valence-electron chi connectivity index (χ1n) is 5.27. The largest absolute Gasteiger partial charge is 0.475 e. The van der Waals surface area contributed by atoms with Gasteiger partial charge in [0.15, 0.2) is 0 Å². The van der Waals surface area contributed by atoms with Crippen LogP contribution in [-0.2, 0) is 0 Å². The quantitative estimate of drug-likeness (QED) is 0.838. The lowest BCUT2D eigenvalue weighted by molar-refractivity contribution is 0.0665. The molecule has 3 heteroatoms. The standard InChI is InChI=1S/C13H14O3/c1-7(2)9-5-4-8(3)12-10(9)6-11(16-12)13(14)15/h4-7H,1-3H3,(H,14,15). The van der Waals surface area contributed by atoms with Crippen LogP contribution in [0, 0.1) is 6.92 Å². The summed E-state index contributed by atoms with van der Waals surface area (Å²) in [4.78, 5) is 10.9. The van der Waals surface area contributed by atoms with E-state index in [1.165, 1.54) is 0 Å². The molecule has 0 spiro atoms. The number of hydrogen-bond donors (Lipinski definition) is 1. The second kappa shape index (κ2) is 3.67. The van der Waals surface area contributed by atoms with Crippen LogP contribution in [0.2, 0.25) is 0 Å². The number of hydrogen-bond acceptors (Lipinski definition) is 2. The molecule has 16 heavy (non-hydrogen) atoms. The predicted octanol–water partition coefficient (Wildman–Crippen LogP) is 3.56. The third-order valence-corrected chi connectivity index (χ3v) is 2.75. The highest BCUT2D eigenvalue weighted by molar-refractivity contribution is 5.94. The summed E-state index contributed by atoms with van der Waals surface area (Å²) in [6.45, 7) is 6.08. The lowest BCUT2D eigenvalue weighted by Gasteiger charge is -2.07. The van der Waals surface area contributed by atoms with Crippen LogP contribution >= 0.6 is 0 Å². The molecule has 1 aromatic carbocycles. The molecule has 1 heterocycles. The Bertz CT molecular complexity index is 550. The Hall–Kier alpha value is -1.77.